The Kier molecular flexibility index (Phi) is 6.07. The Morgan fingerprint density at radius 3 is 2.76 bits per heavy atom. The summed E-state index contributed by atoms with van der Waals surface area (Å²) in [4.78, 5) is 30.3. The van der Waals surface area contributed by atoms with Crippen molar-refractivity contribution in [2.75, 3.05) is 0 Å². The standard InChI is InChI=1S/C21H21NO2S/c23-20(8-2-1-6-18-7-4-14-25-18)19-15-17(5-3-9-21(19)24)16-10-12-22-13-11-16/h4-5,7,10-15H,1-3,6,8-9H2. The van der Waals surface area contributed by atoms with Gasteiger partial charge in [0.1, 0.15) is 0 Å². The van der Waals surface area contributed by atoms with Crippen LogP contribution in [-0.2, 0) is 16.0 Å². The van der Waals surface area contributed by atoms with Crippen LogP contribution in [0.25, 0.3) is 5.57 Å². The van der Waals surface area contributed by atoms with Crippen molar-refractivity contribution in [1.82, 2.24) is 4.98 Å². The summed E-state index contributed by atoms with van der Waals surface area (Å²) in [5.41, 5.74) is 2.29. The van der Waals surface area contributed by atoms with E-state index >= 15 is 0 Å². The predicted octanol–water partition coefficient (Wildman–Crippen LogP) is 4.80. The van der Waals surface area contributed by atoms with Crippen LogP contribution in [-0.4, -0.2) is 16.6 Å². The molecule has 0 radical (unpaired) electrons. The Balaban J connectivity index is 1.63. The second-order valence-electron chi connectivity index (χ2n) is 6.12. The molecule has 3 nitrogen and oxygen atoms in total. The van der Waals surface area contributed by atoms with Gasteiger partial charge in [-0.25, -0.2) is 0 Å². The average Bonchev–Trinajstić information content (AvgIpc) is 3.07. The summed E-state index contributed by atoms with van der Waals surface area (Å²) in [5, 5.41) is 2.07. The molecule has 2 aromatic heterocycles. The first-order chi connectivity index (χ1) is 12.2. The van der Waals surface area contributed by atoms with E-state index in [9.17, 15) is 9.59 Å². The van der Waals surface area contributed by atoms with E-state index in [4.69, 9.17) is 0 Å². The minimum atomic E-state index is -0.0384. The van der Waals surface area contributed by atoms with E-state index in [1.165, 1.54) is 4.88 Å². The van der Waals surface area contributed by atoms with Gasteiger partial charge in [0, 0.05) is 30.1 Å². The highest BCUT2D eigenvalue weighted by atomic mass is 32.1. The molecule has 0 saturated heterocycles. The molecule has 0 N–H and O–H groups in total. The number of Topliss-reactive ketones (excluding diaryl/α,β-unsaturated/α-hetero) is 2. The molecule has 2 heterocycles. The Bertz CT molecular complexity index is 789. The Morgan fingerprint density at radius 2 is 2.00 bits per heavy atom. The predicted molar refractivity (Wildman–Crippen MR) is 101 cm³/mol. The normalized spacial score (nSPS) is 14.6. The number of carbonyl (C=O) groups is 2. The number of carbonyl (C=O) groups excluding carboxylic acids is 2. The molecule has 0 fully saturated rings. The molecule has 0 unspecified atom stereocenters. The maximum atomic E-state index is 12.6. The van der Waals surface area contributed by atoms with Gasteiger partial charge in [-0.15, -0.1) is 11.3 Å². The molecule has 0 bridgehead atoms. The molecule has 0 aromatic carbocycles. The molecule has 4 heteroatoms. The van der Waals surface area contributed by atoms with E-state index in [2.05, 4.69) is 16.4 Å². The van der Waals surface area contributed by atoms with E-state index in [0.29, 0.717) is 24.8 Å². The highest BCUT2D eigenvalue weighted by molar-refractivity contribution is 7.09. The van der Waals surface area contributed by atoms with Gasteiger partial charge >= 0.3 is 0 Å². The second kappa shape index (κ2) is 8.67. The summed E-state index contributed by atoms with van der Waals surface area (Å²) in [5.74, 6) is -0.0680. The van der Waals surface area contributed by atoms with Crippen LogP contribution in [0.4, 0.5) is 0 Å². The lowest BCUT2D eigenvalue weighted by atomic mass is 9.97. The smallest absolute Gasteiger partial charge is 0.166 e. The quantitative estimate of drug-likeness (QED) is 0.532. The van der Waals surface area contributed by atoms with Gasteiger partial charge in [-0.3, -0.25) is 14.6 Å². The molecule has 0 saturated carbocycles. The maximum Gasteiger partial charge on any atom is 0.166 e. The number of pyridine rings is 1. The molecule has 1 aliphatic rings. The van der Waals surface area contributed by atoms with Gasteiger partial charge in [-0.05, 0) is 66.5 Å². The molecular formula is C21H21NO2S. The highest BCUT2D eigenvalue weighted by Crippen LogP contribution is 2.24. The lowest BCUT2D eigenvalue weighted by Crippen LogP contribution is -2.12. The molecule has 1 aliphatic carbocycles. The molecule has 0 aliphatic heterocycles. The topological polar surface area (TPSA) is 47.0 Å². The minimum absolute atomic E-state index is 0.0296. The number of unbranched alkanes of at least 4 members (excludes halogenated alkanes) is 1. The Morgan fingerprint density at radius 1 is 1.16 bits per heavy atom. The minimum Gasteiger partial charge on any atom is -0.294 e. The number of hydrogen-bond donors (Lipinski definition) is 0. The van der Waals surface area contributed by atoms with E-state index in [1.54, 1.807) is 29.8 Å². The third-order valence-electron chi connectivity index (χ3n) is 4.31. The molecule has 0 spiro atoms. The number of hydrogen-bond acceptors (Lipinski definition) is 4. The van der Waals surface area contributed by atoms with Gasteiger partial charge in [0.2, 0.25) is 0 Å². The largest absolute Gasteiger partial charge is 0.294 e. The van der Waals surface area contributed by atoms with Crippen LogP contribution in [0.2, 0.25) is 0 Å². The molecule has 3 rings (SSSR count). The van der Waals surface area contributed by atoms with E-state index in [0.717, 1.165) is 30.4 Å². The van der Waals surface area contributed by atoms with Crippen molar-refractivity contribution in [3.8, 4) is 0 Å². The van der Waals surface area contributed by atoms with Gasteiger partial charge < -0.3 is 0 Å². The van der Waals surface area contributed by atoms with Crippen molar-refractivity contribution in [3.63, 3.8) is 0 Å². The molecule has 25 heavy (non-hydrogen) atoms. The van der Waals surface area contributed by atoms with E-state index in [-0.39, 0.29) is 11.6 Å². The van der Waals surface area contributed by atoms with Crippen molar-refractivity contribution >= 4 is 28.5 Å². The van der Waals surface area contributed by atoms with Gasteiger partial charge in [0.15, 0.2) is 11.6 Å². The van der Waals surface area contributed by atoms with Crippen LogP contribution >= 0.6 is 11.3 Å². The summed E-state index contributed by atoms with van der Waals surface area (Å²) >= 11 is 1.75. The van der Waals surface area contributed by atoms with Crippen LogP contribution in [0.5, 0.6) is 0 Å². The summed E-state index contributed by atoms with van der Waals surface area (Å²) in [6.45, 7) is 0. The number of aryl methyl sites for hydroxylation is 1. The van der Waals surface area contributed by atoms with Crippen molar-refractivity contribution < 1.29 is 9.59 Å². The summed E-state index contributed by atoms with van der Waals surface area (Å²) in [6.07, 6.45) is 11.6. The monoisotopic (exact) mass is 351 g/mol. The van der Waals surface area contributed by atoms with Crippen molar-refractivity contribution in [2.24, 2.45) is 0 Å². The van der Waals surface area contributed by atoms with E-state index in [1.807, 2.05) is 24.3 Å². The number of ketones is 2. The van der Waals surface area contributed by atoms with Crippen LogP contribution in [0.3, 0.4) is 0 Å². The molecule has 128 valence electrons. The summed E-state index contributed by atoms with van der Waals surface area (Å²) in [7, 11) is 0. The van der Waals surface area contributed by atoms with Crippen molar-refractivity contribution in [2.45, 2.75) is 38.5 Å². The van der Waals surface area contributed by atoms with Crippen molar-refractivity contribution in [1.29, 1.82) is 0 Å². The van der Waals surface area contributed by atoms with Crippen LogP contribution in [0.1, 0.15) is 42.5 Å². The number of thiophene rings is 1. The molecule has 0 atom stereocenters. The third-order valence-corrected chi connectivity index (χ3v) is 5.24. The Labute approximate surface area is 152 Å². The van der Waals surface area contributed by atoms with E-state index < -0.39 is 0 Å². The number of nitrogens with zero attached hydrogens (tertiary/aromatic N) is 1. The molecular weight excluding hydrogens is 330 g/mol. The second-order valence-corrected chi connectivity index (χ2v) is 7.16. The highest BCUT2D eigenvalue weighted by Gasteiger charge is 2.20. The van der Waals surface area contributed by atoms with Crippen LogP contribution in [0.15, 0.2) is 59.8 Å². The fraction of sp³-hybridized carbons (Fsp3) is 0.286. The van der Waals surface area contributed by atoms with Crippen LogP contribution in [0, 0.1) is 0 Å². The lowest BCUT2D eigenvalue weighted by Gasteiger charge is -2.05. The summed E-state index contributed by atoms with van der Waals surface area (Å²) in [6, 6.07) is 7.98. The fourth-order valence-corrected chi connectivity index (χ4v) is 3.70. The number of allylic oxidation sites excluding steroid dienone is 4. The van der Waals surface area contributed by atoms with Gasteiger partial charge in [0.05, 0.1) is 5.57 Å². The SMILES string of the molecule is O=C1CCC=C(c2ccncc2)C=C1C(=O)CCCCc1cccs1. The average molecular weight is 351 g/mol. The van der Waals surface area contributed by atoms with Gasteiger partial charge in [-0.2, -0.15) is 0 Å². The zero-order valence-corrected chi connectivity index (χ0v) is 14.9. The molecule has 0 amide bonds. The van der Waals surface area contributed by atoms with Gasteiger partial charge in [0.25, 0.3) is 0 Å². The fourth-order valence-electron chi connectivity index (χ4n) is 2.94. The number of aromatic nitrogens is 1. The zero-order chi connectivity index (χ0) is 17.5. The third kappa shape index (κ3) is 4.83. The number of rotatable bonds is 7. The maximum absolute atomic E-state index is 12.6. The lowest BCUT2D eigenvalue weighted by molar-refractivity contribution is -0.121. The summed E-state index contributed by atoms with van der Waals surface area (Å²) < 4.78 is 0. The Hall–Kier alpha value is -2.33. The first-order valence-corrected chi connectivity index (χ1v) is 9.53. The first kappa shape index (κ1) is 17.5. The molecule has 2 aromatic rings. The van der Waals surface area contributed by atoms with Crippen LogP contribution < -0.4 is 0 Å². The first-order valence-electron chi connectivity index (χ1n) is 8.65. The zero-order valence-electron chi connectivity index (χ0n) is 14.1. The van der Waals surface area contributed by atoms with Crippen molar-refractivity contribution in [3.05, 3.63) is 70.2 Å². The van der Waals surface area contributed by atoms with Gasteiger partial charge in [-0.1, -0.05) is 12.1 Å².